The van der Waals surface area contributed by atoms with Gasteiger partial charge in [0.1, 0.15) is 0 Å². The van der Waals surface area contributed by atoms with E-state index in [1.807, 2.05) is 49.4 Å². The van der Waals surface area contributed by atoms with Gasteiger partial charge in [-0.05, 0) is 31.4 Å². The number of anilines is 1. The van der Waals surface area contributed by atoms with Gasteiger partial charge in [-0.1, -0.05) is 60.2 Å². The first-order chi connectivity index (χ1) is 11.6. The molecule has 0 atom stereocenters. The Morgan fingerprint density at radius 1 is 1.08 bits per heavy atom. The van der Waals surface area contributed by atoms with E-state index in [2.05, 4.69) is 34.6 Å². The third-order valence-corrected chi connectivity index (χ3v) is 4.00. The molecule has 4 heteroatoms. The number of aromatic nitrogens is 2. The van der Waals surface area contributed by atoms with Crippen LogP contribution in [0.15, 0.2) is 54.6 Å². The minimum absolute atomic E-state index is 0.0285. The first kappa shape index (κ1) is 16.0. The summed E-state index contributed by atoms with van der Waals surface area (Å²) >= 11 is 0. The zero-order valence-electron chi connectivity index (χ0n) is 14.0. The van der Waals surface area contributed by atoms with Crippen LogP contribution in [0, 0.1) is 13.8 Å². The van der Waals surface area contributed by atoms with Crippen LogP contribution in [-0.4, -0.2) is 16.1 Å². The van der Waals surface area contributed by atoms with E-state index in [1.165, 1.54) is 5.56 Å². The maximum atomic E-state index is 12.3. The Labute approximate surface area is 141 Å². The molecule has 0 spiro atoms. The molecule has 0 aliphatic carbocycles. The Hall–Kier alpha value is -2.88. The third-order valence-electron chi connectivity index (χ3n) is 4.00. The summed E-state index contributed by atoms with van der Waals surface area (Å²) in [6, 6.07) is 18.2. The summed E-state index contributed by atoms with van der Waals surface area (Å²) in [6.07, 6.45) is 1.15. The van der Waals surface area contributed by atoms with Crippen molar-refractivity contribution in [2.45, 2.75) is 26.7 Å². The zero-order valence-corrected chi connectivity index (χ0v) is 14.0. The first-order valence-electron chi connectivity index (χ1n) is 8.09. The van der Waals surface area contributed by atoms with Crippen molar-refractivity contribution in [3.8, 4) is 11.1 Å². The lowest BCUT2D eigenvalue weighted by Gasteiger charge is -2.07. The van der Waals surface area contributed by atoms with Gasteiger partial charge in [0.05, 0.1) is 0 Å². The number of aromatic amines is 1. The van der Waals surface area contributed by atoms with Gasteiger partial charge in [-0.2, -0.15) is 5.10 Å². The van der Waals surface area contributed by atoms with Crippen LogP contribution in [0.2, 0.25) is 0 Å². The highest BCUT2D eigenvalue weighted by Crippen LogP contribution is 2.30. The number of amides is 1. The Bertz CT molecular complexity index is 837. The molecule has 1 aromatic heterocycles. The average molecular weight is 319 g/mol. The topological polar surface area (TPSA) is 57.8 Å². The number of hydrogen-bond acceptors (Lipinski definition) is 2. The normalized spacial score (nSPS) is 10.6. The van der Waals surface area contributed by atoms with E-state index in [0.717, 1.165) is 28.8 Å². The Balaban J connectivity index is 1.73. The van der Waals surface area contributed by atoms with E-state index in [1.54, 1.807) is 0 Å². The van der Waals surface area contributed by atoms with Gasteiger partial charge in [0, 0.05) is 17.7 Å². The molecule has 0 saturated carbocycles. The van der Waals surface area contributed by atoms with Crippen molar-refractivity contribution in [2.24, 2.45) is 0 Å². The van der Waals surface area contributed by atoms with Crippen LogP contribution in [0.1, 0.15) is 23.2 Å². The van der Waals surface area contributed by atoms with Crippen molar-refractivity contribution < 1.29 is 4.79 Å². The summed E-state index contributed by atoms with van der Waals surface area (Å²) in [5.74, 6) is 0.565. The predicted octanol–water partition coefficient (Wildman–Crippen LogP) is 4.26. The van der Waals surface area contributed by atoms with Gasteiger partial charge in [0.2, 0.25) is 5.91 Å². The molecule has 4 nitrogen and oxygen atoms in total. The Morgan fingerprint density at radius 3 is 2.62 bits per heavy atom. The number of nitrogens with one attached hydrogen (secondary N) is 2. The molecular formula is C20H21N3O. The fraction of sp³-hybridized carbons (Fsp3) is 0.200. The maximum Gasteiger partial charge on any atom is 0.225 e. The van der Waals surface area contributed by atoms with Crippen LogP contribution in [0.25, 0.3) is 11.1 Å². The molecule has 0 fully saturated rings. The van der Waals surface area contributed by atoms with Crippen molar-refractivity contribution in [2.75, 3.05) is 5.32 Å². The lowest BCUT2D eigenvalue weighted by molar-refractivity contribution is -0.116. The van der Waals surface area contributed by atoms with Crippen LogP contribution >= 0.6 is 0 Å². The third kappa shape index (κ3) is 3.71. The molecule has 3 rings (SSSR count). The van der Waals surface area contributed by atoms with Crippen molar-refractivity contribution in [3.05, 3.63) is 71.4 Å². The molecule has 0 aliphatic rings. The molecule has 1 amide bonds. The molecule has 0 unspecified atom stereocenters. The quantitative estimate of drug-likeness (QED) is 0.738. The smallest absolute Gasteiger partial charge is 0.225 e. The predicted molar refractivity (Wildman–Crippen MR) is 96.9 cm³/mol. The standard InChI is InChI=1S/C20H21N3O/c1-14-7-6-10-17(13-14)19-15(2)22-23-20(19)21-18(24)12-11-16-8-4-3-5-9-16/h3-10,13H,11-12H2,1-2H3,(H2,21,22,23,24). The summed E-state index contributed by atoms with van der Waals surface area (Å²) < 4.78 is 0. The SMILES string of the molecule is Cc1cccc(-c2c(NC(=O)CCc3ccccc3)n[nH]c2C)c1. The van der Waals surface area contributed by atoms with Gasteiger partial charge in [0.25, 0.3) is 0 Å². The molecule has 24 heavy (non-hydrogen) atoms. The summed E-state index contributed by atoms with van der Waals surface area (Å²) in [6.45, 7) is 4.02. The highest BCUT2D eigenvalue weighted by molar-refractivity contribution is 5.94. The number of carbonyl (C=O) groups is 1. The number of H-pyrrole nitrogens is 1. The van der Waals surface area contributed by atoms with Crippen molar-refractivity contribution in [3.63, 3.8) is 0 Å². The molecule has 0 saturated heterocycles. The molecule has 2 N–H and O–H groups in total. The number of rotatable bonds is 5. The van der Waals surface area contributed by atoms with Gasteiger partial charge >= 0.3 is 0 Å². The number of carbonyl (C=O) groups excluding carboxylic acids is 1. The Morgan fingerprint density at radius 2 is 1.88 bits per heavy atom. The van der Waals surface area contributed by atoms with Gasteiger partial charge in [-0.15, -0.1) is 0 Å². The zero-order chi connectivity index (χ0) is 16.9. The fourth-order valence-corrected chi connectivity index (χ4v) is 2.77. The molecular weight excluding hydrogens is 298 g/mol. The van der Waals surface area contributed by atoms with Gasteiger partial charge < -0.3 is 5.32 Å². The molecule has 3 aromatic rings. The van der Waals surface area contributed by atoms with Gasteiger partial charge in [0.15, 0.2) is 5.82 Å². The molecule has 0 bridgehead atoms. The number of hydrogen-bond donors (Lipinski definition) is 2. The van der Waals surface area contributed by atoms with Crippen LogP contribution in [0.5, 0.6) is 0 Å². The lowest BCUT2D eigenvalue weighted by Crippen LogP contribution is -2.13. The number of nitrogens with zero attached hydrogens (tertiary/aromatic N) is 1. The van der Waals surface area contributed by atoms with E-state index in [9.17, 15) is 4.79 Å². The van der Waals surface area contributed by atoms with E-state index in [-0.39, 0.29) is 5.91 Å². The van der Waals surface area contributed by atoms with Crippen molar-refractivity contribution in [1.29, 1.82) is 0 Å². The van der Waals surface area contributed by atoms with Crippen molar-refractivity contribution >= 4 is 11.7 Å². The molecule has 0 aliphatic heterocycles. The first-order valence-corrected chi connectivity index (χ1v) is 8.09. The summed E-state index contributed by atoms with van der Waals surface area (Å²) in [5, 5.41) is 10.2. The van der Waals surface area contributed by atoms with Gasteiger partial charge in [-0.3, -0.25) is 9.89 Å². The molecule has 2 aromatic carbocycles. The number of aryl methyl sites for hydroxylation is 3. The number of benzene rings is 2. The van der Waals surface area contributed by atoms with E-state index in [4.69, 9.17) is 0 Å². The van der Waals surface area contributed by atoms with E-state index >= 15 is 0 Å². The second-order valence-electron chi connectivity index (χ2n) is 5.98. The lowest BCUT2D eigenvalue weighted by atomic mass is 10.0. The highest BCUT2D eigenvalue weighted by atomic mass is 16.1. The largest absolute Gasteiger partial charge is 0.309 e. The molecule has 0 radical (unpaired) electrons. The Kier molecular flexibility index (Phi) is 4.75. The second-order valence-corrected chi connectivity index (χ2v) is 5.98. The monoisotopic (exact) mass is 319 g/mol. The van der Waals surface area contributed by atoms with E-state index in [0.29, 0.717) is 12.2 Å². The summed E-state index contributed by atoms with van der Waals surface area (Å²) in [5.41, 5.74) is 5.28. The van der Waals surface area contributed by atoms with Gasteiger partial charge in [-0.25, -0.2) is 0 Å². The highest BCUT2D eigenvalue weighted by Gasteiger charge is 2.15. The minimum atomic E-state index is -0.0285. The summed E-state index contributed by atoms with van der Waals surface area (Å²) in [7, 11) is 0. The van der Waals surface area contributed by atoms with Crippen LogP contribution in [-0.2, 0) is 11.2 Å². The van der Waals surface area contributed by atoms with Crippen LogP contribution < -0.4 is 5.32 Å². The van der Waals surface area contributed by atoms with E-state index < -0.39 is 0 Å². The van der Waals surface area contributed by atoms with Crippen molar-refractivity contribution in [1.82, 2.24) is 10.2 Å². The molecule has 1 heterocycles. The minimum Gasteiger partial charge on any atom is -0.309 e. The maximum absolute atomic E-state index is 12.3. The fourth-order valence-electron chi connectivity index (χ4n) is 2.77. The average Bonchev–Trinajstić information content (AvgIpc) is 2.94. The molecule has 122 valence electrons. The van der Waals surface area contributed by atoms with Crippen LogP contribution in [0.4, 0.5) is 5.82 Å². The summed E-state index contributed by atoms with van der Waals surface area (Å²) in [4.78, 5) is 12.3. The second kappa shape index (κ2) is 7.13. The van der Waals surface area contributed by atoms with Crippen LogP contribution in [0.3, 0.4) is 0 Å².